The van der Waals surface area contributed by atoms with Gasteiger partial charge in [-0.05, 0) is 6.07 Å². The van der Waals surface area contributed by atoms with Gasteiger partial charge in [0, 0.05) is 19.7 Å². The highest BCUT2D eigenvalue weighted by Gasteiger charge is 2.43. The minimum Gasteiger partial charge on any atom is -0.496 e. The Kier molecular flexibility index (Phi) is 2.62. The fourth-order valence-corrected chi connectivity index (χ4v) is 2.12. The number of hydrogen-bond donors (Lipinski definition) is 1. The Morgan fingerprint density at radius 2 is 2.15 bits per heavy atom. The van der Waals surface area contributed by atoms with Crippen LogP contribution in [0.2, 0.25) is 0 Å². The molecule has 0 bridgehead atoms. The molecular weight excluding hydrogens is 275 g/mol. The van der Waals surface area contributed by atoms with Gasteiger partial charge in [0.05, 0.1) is 22.1 Å². The summed E-state index contributed by atoms with van der Waals surface area (Å²) in [6.45, 7) is 0. The molecule has 2 N–H and O–H groups in total. The number of benzene rings is 1. The van der Waals surface area contributed by atoms with E-state index < -0.39 is 30.6 Å². The third-order valence-corrected chi connectivity index (χ3v) is 2.95. The van der Waals surface area contributed by atoms with Gasteiger partial charge in [0.15, 0.2) is 11.9 Å². The standard InChI is InChI=1S/C12H14F3N3O2/c1-18-7-5-4-6(10(20-3)12(13,14)15)9(19-2)8(7)11(16)17-18/h4-5,10H,1-3H3,(H2,16,17)/i2D3. The van der Waals surface area contributed by atoms with Gasteiger partial charge in [0.25, 0.3) is 0 Å². The smallest absolute Gasteiger partial charge is 0.418 e. The minimum absolute atomic E-state index is 0.00701. The van der Waals surface area contributed by atoms with Gasteiger partial charge in [-0.15, -0.1) is 0 Å². The largest absolute Gasteiger partial charge is 0.496 e. The van der Waals surface area contributed by atoms with Crippen molar-refractivity contribution in [3.8, 4) is 5.75 Å². The highest BCUT2D eigenvalue weighted by atomic mass is 19.4. The second-order valence-electron chi connectivity index (χ2n) is 4.15. The lowest BCUT2D eigenvalue weighted by molar-refractivity contribution is -0.216. The maximum Gasteiger partial charge on any atom is 0.418 e. The Bertz CT molecular complexity index is 728. The number of methoxy groups -OCH3 is 2. The molecule has 0 radical (unpaired) electrons. The van der Waals surface area contributed by atoms with Gasteiger partial charge >= 0.3 is 6.18 Å². The first-order valence-electron chi connectivity index (χ1n) is 6.99. The number of nitrogens with two attached hydrogens (primary N) is 1. The predicted octanol–water partition coefficient (Wildman–Crippen LogP) is 2.41. The Hall–Kier alpha value is -1.96. The van der Waals surface area contributed by atoms with Crippen molar-refractivity contribution in [1.29, 1.82) is 0 Å². The van der Waals surface area contributed by atoms with Gasteiger partial charge in [-0.2, -0.15) is 18.3 Å². The third-order valence-electron chi connectivity index (χ3n) is 2.95. The molecule has 0 spiro atoms. The number of aryl methyl sites for hydroxylation is 1. The number of aromatic nitrogens is 2. The minimum atomic E-state index is -4.76. The molecule has 1 heterocycles. The van der Waals surface area contributed by atoms with Crippen molar-refractivity contribution in [3.05, 3.63) is 17.7 Å². The number of nitrogen functional groups attached to an aromatic ring is 1. The SMILES string of the molecule is [2H]C([2H])([2H])Oc1c(C(OC)C(F)(F)F)ccc2c1c(N)nn2C. The number of nitrogens with zero attached hydrogens (tertiary/aromatic N) is 2. The molecule has 20 heavy (non-hydrogen) atoms. The summed E-state index contributed by atoms with van der Waals surface area (Å²) in [6, 6.07) is 2.43. The van der Waals surface area contributed by atoms with E-state index in [2.05, 4.69) is 9.84 Å². The van der Waals surface area contributed by atoms with Crippen molar-refractivity contribution in [2.75, 3.05) is 19.9 Å². The Labute approximate surface area is 117 Å². The normalized spacial score (nSPS) is 16.6. The summed E-state index contributed by atoms with van der Waals surface area (Å²) in [6.07, 6.45) is -7.12. The average molecular weight is 292 g/mol. The van der Waals surface area contributed by atoms with Crippen LogP contribution < -0.4 is 10.5 Å². The Morgan fingerprint density at radius 1 is 1.45 bits per heavy atom. The molecule has 0 fully saturated rings. The number of halogens is 3. The molecule has 2 rings (SSSR count). The molecule has 1 aromatic heterocycles. The van der Waals surface area contributed by atoms with Crippen LogP contribution in [0.1, 0.15) is 15.8 Å². The van der Waals surface area contributed by atoms with Gasteiger partial charge < -0.3 is 15.2 Å². The molecule has 0 saturated heterocycles. The molecule has 5 nitrogen and oxygen atoms in total. The summed E-state index contributed by atoms with van der Waals surface area (Å²) in [5, 5.41) is 3.87. The zero-order valence-electron chi connectivity index (χ0n) is 13.7. The lowest BCUT2D eigenvalue weighted by Gasteiger charge is -2.21. The number of anilines is 1. The number of fused-ring (bicyclic) bond motifs is 1. The highest BCUT2D eigenvalue weighted by Crippen LogP contribution is 2.43. The molecule has 0 aliphatic carbocycles. The van der Waals surface area contributed by atoms with Gasteiger partial charge in [-0.3, -0.25) is 4.68 Å². The molecule has 2 aromatic rings. The van der Waals surface area contributed by atoms with Crippen LogP contribution in [0.4, 0.5) is 19.0 Å². The maximum atomic E-state index is 13.2. The lowest BCUT2D eigenvalue weighted by atomic mass is 10.0. The first-order chi connectivity index (χ1) is 10.5. The van der Waals surface area contributed by atoms with Crippen LogP contribution in [-0.4, -0.2) is 30.1 Å². The fraction of sp³-hybridized carbons (Fsp3) is 0.417. The van der Waals surface area contributed by atoms with E-state index in [0.717, 1.165) is 13.2 Å². The van der Waals surface area contributed by atoms with E-state index >= 15 is 0 Å². The quantitative estimate of drug-likeness (QED) is 0.943. The van der Waals surface area contributed by atoms with Gasteiger partial charge in [0.1, 0.15) is 5.75 Å². The van der Waals surface area contributed by atoms with Crippen molar-refractivity contribution in [2.45, 2.75) is 12.3 Å². The zero-order chi connectivity index (χ0) is 17.6. The summed E-state index contributed by atoms with van der Waals surface area (Å²) in [7, 11) is -0.571. The molecule has 0 aliphatic heterocycles. The zero-order valence-corrected chi connectivity index (χ0v) is 10.7. The van der Waals surface area contributed by atoms with Crippen LogP contribution in [0.15, 0.2) is 12.1 Å². The Balaban J connectivity index is 2.78. The average Bonchev–Trinajstić information content (AvgIpc) is 2.65. The van der Waals surface area contributed by atoms with E-state index in [1.807, 2.05) is 0 Å². The summed E-state index contributed by atoms with van der Waals surface area (Å²) < 4.78 is 71.7. The molecule has 110 valence electrons. The van der Waals surface area contributed by atoms with Crippen LogP contribution >= 0.6 is 0 Å². The lowest BCUT2D eigenvalue weighted by Crippen LogP contribution is -2.23. The van der Waals surface area contributed by atoms with Crippen molar-refractivity contribution in [2.24, 2.45) is 7.05 Å². The molecule has 0 saturated carbocycles. The van der Waals surface area contributed by atoms with Crippen molar-refractivity contribution in [1.82, 2.24) is 9.78 Å². The molecule has 1 atom stereocenters. The summed E-state index contributed by atoms with van der Waals surface area (Å²) >= 11 is 0. The summed E-state index contributed by atoms with van der Waals surface area (Å²) in [5.41, 5.74) is 5.55. The van der Waals surface area contributed by atoms with Gasteiger partial charge in [-0.1, -0.05) is 6.07 Å². The van der Waals surface area contributed by atoms with Crippen molar-refractivity contribution >= 4 is 16.7 Å². The van der Waals surface area contributed by atoms with Crippen LogP contribution in [0, 0.1) is 0 Å². The van der Waals surface area contributed by atoms with Crippen molar-refractivity contribution in [3.63, 3.8) is 0 Å². The molecule has 1 unspecified atom stereocenters. The third kappa shape index (κ3) is 2.15. The Morgan fingerprint density at radius 3 is 2.70 bits per heavy atom. The summed E-state index contributed by atoms with van der Waals surface area (Å²) in [4.78, 5) is 0. The van der Waals surface area contributed by atoms with E-state index in [1.165, 1.54) is 17.8 Å². The fourth-order valence-electron chi connectivity index (χ4n) is 2.12. The van der Waals surface area contributed by atoms with E-state index in [4.69, 9.17) is 14.6 Å². The van der Waals surface area contributed by atoms with Gasteiger partial charge in [-0.25, -0.2) is 0 Å². The van der Waals surface area contributed by atoms with Crippen molar-refractivity contribution < 1.29 is 26.8 Å². The summed E-state index contributed by atoms with van der Waals surface area (Å²) in [5.74, 6) is -0.655. The number of alkyl halides is 3. The molecule has 0 amide bonds. The second-order valence-corrected chi connectivity index (χ2v) is 4.15. The van der Waals surface area contributed by atoms with E-state index in [-0.39, 0.29) is 11.2 Å². The van der Waals surface area contributed by atoms with Gasteiger partial charge in [0.2, 0.25) is 0 Å². The predicted molar refractivity (Wildman–Crippen MR) is 67.5 cm³/mol. The molecule has 0 aliphatic rings. The first kappa shape index (κ1) is 10.8. The monoisotopic (exact) mass is 292 g/mol. The van der Waals surface area contributed by atoms with E-state index in [9.17, 15) is 13.2 Å². The number of hydrogen-bond acceptors (Lipinski definition) is 4. The van der Waals surface area contributed by atoms with E-state index in [1.54, 1.807) is 0 Å². The molecule has 8 heteroatoms. The van der Waals surface area contributed by atoms with Crippen LogP contribution in [-0.2, 0) is 11.8 Å². The number of rotatable bonds is 3. The number of ether oxygens (including phenoxy) is 2. The van der Waals surface area contributed by atoms with Crippen LogP contribution in [0.5, 0.6) is 5.75 Å². The highest BCUT2D eigenvalue weighted by molar-refractivity contribution is 5.95. The topological polar surface area (TPSA) is 62.3 Å². The maximum absolute atomic E-state index is 13.2. The molecular formula is C12H14F3N3O2. The van der Waals surface area contributed by atoms with Crippen LogP contribution in [0.25, 0.3) is 10.9 Å². The first-order valence-corrected chi connectivity index (χ1v) is 5.49. The van der Waals surface area contributed by atoms with E-state index in [0.29, 0.717) is 5.52 Å². The second kappa shape index (κ2) is 4.86. The van der Waals surface area contributed by atoms with Crippen LogP contribution in [0.3, 0.4) is 0 Å². The molecule has 1 aromatic carbocycles.